The van der Waals surface area contributed by atoms with Gasteiger partial charge in [-0.15, -0.1) is 0 Å². The zero-order valence-corrected chi connectivity index (χ0v) is 13.1. The summed E-state index contributed by atoms with van der Waals surface area (Å²) in [5.41, 5.74) is 1.15. The Morgan fingerprint density at radius 3 is 2.57 bits per heavy atom. The second kappa shape index (κ2) is 8.15. The highest BCUT2D eigenvalue weighted by Crippen LogP contribution is 2.16. The number of carbonyl (C=O) groups excluding carboxylic acids is 1. The molecule has 4 heteroatoms. The summed E-state index contributed by atoms with van der Waals surface area (Å²) in [4.78, 5) is 14.4. The fourth-order valence-corrected chi connectivity index (χ4v) is 2.95. The molecule has 2 N–H and O–H groups in total. The number of carbonyl (C=O) groups is 1. The molecule has 1 saturated heterocycles. The van der Waals surface area contributed by atoms with Gasteiger partial charge in [0.25, 0.3) is 0 Å². The fourth-order valence-electron chi connectivity index (χ4n) is 2.95. The lowest BCUT2D eigenvalue weighted by molar-refractivity contribution is -0.123. The lowest BCUT2D eigenvalue weighted by Gasteiger charge is -2.31. The Kier molecular flexibility index (Phi) is 6.21. The molecule has 1 atom stereocenters. The third-order valence-corrected chi connectivity index (χ3v) is 4.24. The van der Waals surface area contributed by atoms with Gasteiger partial charge in [0.15, 0.2) is 0 Å². The Labute approximate surface area is 127 Å². The Hall–Kier alpha value is -1.39. The first-order chi connectivity index (χ1) is 10.2. The summed E-state index contributed by atoms with van der Waals surface area (Å²) in [6, 6.07) is 10.2. The van der Waals surface area contributed by atoms with Crippen LogP contribution in [0.5, 0.6) is 0 Å². The van der Waals surface area contributed by atoms with E-state index in [9.17, 15) is 4.79 Å². The molecular formula is C17H27N3O. The van der Waals surface area contributed by atoms with Gasteiger partial charge in [-0.3, -0.25) is 9.69 Å². The van der Waals surface area contributed by atoms with Crippen molar-refractivity contribution in [1.29, 1.82) is 0 Å². The third kappa shape index (κ3) is 5.14. The van der Waals surface area contributed by atoms with E-state index in [-0.39, 0.29) is 11.9 Å². The van der Waals surface area contributed by atoms with Crippen LogP contribution in [0.4, 0.5) is 0 Å². The Morgan fingerprint density at radius 1 is 1.29 bits per heavy atom. The van der Waals surface area contributed by atoms with Gasteiger partial charge in [0, 0.05) is 0 Å². The van der Waals surface area contributed by atoms with Crippen LogP contribution in [0.25, 0.3) is 0 Å². The first kappa shape index (κ1) is 16.0. The number of benzene rings is 1. The standard InChI is InChI=1S/C17H27N3O/c1-14(16-6-4-3-5-7-16)19-17(21)13-20-10-8-15(9-11-20)12-18-2/h3-7,14-15,18H,8-13H2,1-2H3,(H,19,21). The average molecular weight is 289 g/mol. The Morgan fingerprint density at radius 2 is 1.95 bits per heavy atom. The molecule has 0 radical (unpaired) electrons. The third-order valence-electron chi connectivity index (χ3n) is 4.24. The molecule has 0 aliphatic carbocycles. The maximum absolute atomic E-state index is 12.1. The minimum absolute atomic E-state index is 0.0699. The molecule has 1 aromatic rings. The Bertz CT molecular complexity index is 427. The first-order valence-electron chi connectivity index (χ1n) is 7.90. The van der Waals surface area contributed by atoms with Crippen molar-refractivity contribution in [2.75, 3.05) is 33.2 Å². The van der Waals surface area contributed by atoms with Crippen molar-refractivity contribution in [3.8, 4) is 0 Å². The fraction of sp³-hybridized carbons (Fsp3) is 0.588. The molecule has 2 rings (SSSR count). The van der Waals surface area contributed by atoms with E-state index < -0.39 is 0 Å². The lowest BCUT2D eigenvalue weighted by Crippen LogP contribution is -2.43. The molecule has 1 amide bonds. The summed E-state index contributed by atoms with van der Waals surface area (Å²) in [6.45, 7) is 5.69. The predicted octanol–water partition coefficient (Wildman–Crippen LogP) is 1.80. The number of rotatable bonds is 6. The summed E-state index contributed by atoms with van der Waals surface area (Å²) >= 11 is 0. The molecule has 1 heterocycles. The van der Waals surface area contributed by atoms with Crippen LogP contribution in [-0.2, 0) is 4.79 Å². The van der Waals surface area contributed by atoms with Crippen LogP contribution in [0.2, 0.25) is 0 Å². The van der Waals surface area contributed by atoms with Crippen LogP contribution in [0.15, 0.2) is 30.3 Å². The van der Waals surface area contributed by atoms with Crippen LogP contribution in [0.3, 0.4) is 0 Å². The molecule has 0 aromatic heterocycles. The minimum atomic E-state index is 0.0699. The number of amides is 1. The number of piperidine rings is 1. The van der Waals surface area contributed by atoms with Gasteiger partial charge in [0.2, 0.25) is 5.91 Å². The van der Waals surface area contributed by atoms with E-state index in [0.717, 1.165) is 31.1 Å². The molecule has 4 nitrogen and oxygen atoms in total. The lowest BCUT2D eigenvalue weighted by atomic mass is 9.97. The van der Waals surface area contributed by atoms with Crippen LogP contribution in [-0.4, -0.2) is 44.0 Å². The predicted molar refractivity (Wildman–Crippen MR) is 86.1 cm³/mol. The summed E-state index contributed by atoms with van der Waals surface area (Å²) in [5, 5.41) is 6.33. The van der Waals surface area contributed by atoms with E-state index in [1.165, 1.54) is 12.8 Å². The second-order valence-corrected chi connectivity index (χ2v) is 5.98. The van der Waals surface area contributed by atoms with Crippen molar-refractivity contribution >= 4 is 5.91 Å². The van der Waals surface area contributed by atoms with E-state index in [1.54, 1.807) is 0 Å². The van der Waals surface area contributed by atoms with Gasteiger partial charge in [-0.25, -0.2) is 0 Å². The van der Waals surface area contributed by atoms with Gasteiger partial charge >= 0.3 is 0 Å². The molecule has 1 aliphatic rings. The number of hydrogen-bond acceptors (Lipinski definition) is 3. The summed E-state index contributed by atoms with van der Waals surface area (Å²) in [6.07, 6.45) is 2.37. The average Bonchev–Trinajstić information content (AvgIpc) is 2.50. The number of nitrogens with zero attached hydrogens (tertiary/aromatic N) is 1. The molecule has 21 heavy (non-hydrogen) atoms. The number of likely N-dealkylation sites (tertiary alicyclic amines) is 1. The molecule has 1 unspecified atom stereocenters. The zero-order chi connectivity index (χ0) is 15.1. The van der Waals surface area contributed by atoms with E-state index in [1.807, 2.05) is 44.3 Å². The van der Waals surface area contributed by atoms with E-state index in [4.69, 9.17) is 0 Å². The molecule has 0 saturated carbocycles. The minimum Gasteiger partial charge on any atom is -0.348 e. The zero-order valence-electron chi connectivity index (χ0n) is 13.1. The highest BCUT2D eigenvalue weighted by molar-refractivity contribution is 5.78. The molecule has 1 aromatic carbocycles. The number of nitrogens with one attached hydrogen (secondary N) is 2. The maximum atomic E-state index is 12.1. The van der Waals surface area contributed by atoms with Crippen molar-refractivity contribution in [3.05, 3.63) is 35.9 Å². The van der Waals surface area contributed by atoms with Gasteiger partial charge < -0.3 is 10.6 Å². The van der Waals surface area contributed by atoms with Gasteiger partial charge in [0.1, 0.15) is 0 Å². The first-order valence-corrected chi connectivity index (χ1v) is 7.90. The maximum Gasteiger partial charge on any atom is 0.234 e. The highest BCUT2D eigenvalue weighted by Gasteiger charge is 2.20. The highest BCUT2D eigenvalue weighted by atomic mass is 16.2. The van der Waals surface area contributed by atoms with Crippen molar-refractivity contribution < 1.29 is 4.79 Å². The quantitative estimate of drug-likeness (QED) is 0.839. The van der Waals surface area contributed by atoms with Crippen LogP contribution >= 0.6 is 0 Å². The molecular weight excluding hydrogens is 262 g/mol. The Balaban J connectivity index is 1.73. The second-order valence-electron chi connectivity index (χ2n) is 5.98. The van der Waals surface area contributed by atoms with Gasteiger partial charge in [-0.2, -0.15) is 0 Å². The smallest absolute Gasteiger partial charge is 0.234 e. The van der Waals surface area contributed by atoms with Crippen LogP contribution in [0, 0.1) is 5.92 Å². The van der Waals surface area contributed by atoms with Gasteiger partial charge in [-0.05, 0) is 57.9 Å². The van der Waals surface area contributed by atoms with Gasteiger partial charge in [0.05, 0.1) is 12.6 Å². The monoisotopic (exact) mass is 289 g/mol. The molecule has 0 bridgehead atoms. The molecule has 0 spiro atoms. The topological polar surface area (TPSA) is 44.4 Å². The molecule has 116 valence electrons. The summed E-state index contributed by atoms with van der Waals surface area (Å²) in [5.74, 6) is 0.885. The molecule has 1 fully saturated rings. The normalized spacial score (nSPS) is 18.4. The van der Waals surface area contributed by atoms with Crippen LogP contribution < -0.4 is 10.6 Å². The van der Waals surface area contributed by atoms with Crippen LogP contribution in [0.1, 0.15) is 31.4 Å². The SMILES string of the molecule is CNCC1CCN(CC(=O)NC(C)c2ccccc2)CC1. The van der Waals surface area contributed by atoms with Gasteiger partial charge in [-0.1, -0.05) is 30.3 Å². The summed E-state index contributed by atoms with van der Waals surface area (Å²) in [7, 11) is 2.00. The van der Waals surface area contributed by atoms with Crippen molar-refractivity contribution in [2.45, 2.75) is 25.8 Å². The largest absolute Gasteiger partial charge is 0.348 e. The van der Waals surface area contributed by atoms with E-state index in [2.05, 4.69) is 15.5 Å². The van der Waals surface area contributed by atoms with Crippen molar-refractivity contribution in [1.82, 2.24) is 15.5 Å². The summed E-state index contributed by atoms with van der Waals surface area (Å²) < 4.78 is 0. The molecule has 1 aliphatic heterocycles. The van der Waals surface area contributed by atoms with E-state index in [0.29, 0.717) is 6.54 Å². The van der Waals surface area contributed by atoms with Crippen molar-refractivity contribution in [3.63, 3.8) is 0 Å². The van der Waals surface area contributed by atoms with E-state index >= 15 is 0 Å². The number of hydrogen-bond donors (Lipinski definition) is 2. The van der Waals surface area contributed by atoms with Crippen molar-refractivity contribution in [2.24, 2.45) is 5.92 Å².